The molecule has 68 valence electrons. The van der Waals surface area contributed by atoms with Crippen molar-refractivity contribution in [3.8, 4) is 0 Å². The molecule has 0 aromatic heterocycles. The van der Waals surface area contributed by atoms with Crippen molar-refractivity contribution in [2.45, 2.75) is 6.92 Å². The number of rotatable bonds is 1. The molecule has 1 heterocycles. The third-order valence-electron chi connectivity index (χ3n) is 1.88. The Balaban J connectivity index is 2.34. The zero-order chi connectivity index (χ0) is 8.97. The van der Waals surface area contributed by atoms with Crippen molar-refractivity contribution < 1.29 is 4.79 Å². The summed E-state index contributed by atoms with van der Waals surface area (Å²) in [6.07, 6.45) is 0. The van der Waals surface area contributed by atoms with Crippen LogP contribution in [0.4, 0.5) is 0 Å². The molecule has 12 heavy (non-hydrogen) atoms. The predicted octanol–water partition coefficient (Wildman–Crippen LogP) is -0.609. The summed E-state index contributed by atoms with van der Waals surface area (Å²) in [5.41, 5.74) is 0. The lowest BCUT2D eigenvalue weighted by atomic mass is 10.3. The fraction of sp³-hybridized carbons (Fsp3) is 0.833. The van der Waals surface area contributed by atoms with Crippen LogP contribution >= 0.6 is 0 Å². The molecule has 1 rings (SSSR count). The first-order valence-electron chi connectivity index (χ1n) is 3.85. The highest BCUT2D eigenvalue weighted by atomic mass is 16.2. The van der Waals surface area contributed by atoms with Gasteiger partial charge in [0.25, 0.3) is 0 Å². The molecule has 0 aliphatic carbocycles. The van der Waals surface area contributed by atoms with Crippen molar-refractivity contribution >= 4 is 5.91 Å². The maximum Gasteiger partial charge on any atom is 0.219 e. The highest BCUT2D eigenvalue weighted by molar-refractivity contribution is 5.73. The van der Waals surface area contributed by atoms with Crippen LogP contribution in [0.25, 0.3) is 0 Å². The van der Waals surface area contributed by atoms with Crippen LogP contribution in [0.1, 0.15) is 6.92 Å². The second-order valence-corrected chi connectivity index (χ2v) is 2.66. The summed E-state index contributed by atoms with van der Waals surface area (Å²) in [4.78, 5) is 12.7. The van der Waals surface area contributed by atoms with Crippen molar-refractivity contribution in [2.75, 3.05) is 26.2 Å². The normalized spacial score (nSPS) is 18.8. The first kappa shape index (κ1) is 8.76. The van der Waals surface area contributed by atoms with Crippen molar-refractivity contribution in [3.63, 3.8) is 0 Å². The molecule has 0 aromatic rings. The minimum Gasteiger partial charge on any atom is -0.339 e. The lowest BCUT2D eigenvalue weighted by Gasteiger charge is -2.31. The maximum atomic E-state index is 10.9. The molecule has 1 aliphatic heterocycles. The molecule has 0 bridgehead atoms. The second kappa shape index (κ2) is 3.89. The van der Waals surface area contributed by atoms with Crippen LogP contribution in [-0.4, -0.2) is 42.0 Å². The molecule has 0 saturated carbocycles. The summed E-state index contributed by atoms with van der Waals surface area (Å²) in [5, 5.41) is 8.60. The van der Waals surface area contributed by atoms with Gasteiger partial charge in [-0.25, -0.2) is 0 Å². The van der Waals surface area contributed by atoms with Crippen molar-refractivity contribution in [3.05, 3.63) is 0 Å². The monoisotopic (exact) mass is 171 g/mol. The number of carbonyl (C=O) groups excluding carboxylic acids is 1. The van der Waals surface area contributed by atoms with Gasteiger partial charge in [-0.2, -0.15) is 0 Å². The summed E-state index contributed by atoms with van der Waals surface area (Å²) in [6.45, 7) is 4.39. The maximum absolute atomic E-state index is 10.9. The molecule has 6 nitrogen and oxygen atoms in total. The Bertz CT molecular complexity index is 184. The van der Waals surface area contributed by atoms with Gasteiger partial charge < -0.3 is 10.7 Å². The molecule has 6 heteroatoms. The van der Waals surface area contributed by atoms with E-state index in [1.54, 1.807) is 16.8 Å². The van der Waals surface area contributed by atoms with Crippen molar-refractivity contribution in [2.24, 2.45) is 16.3 Å². The van der Waals surface area contributed by atoms with Gasteiger partial charge in [-0.15, -0.1) is 0 Å². The van der Waals surface area contributed by atoms with Crippen LogP contribution < -0.4 is 5.84 Å². The molecule has 0 radical (unpaired) electrons. The number of nitrogens with two attached hydrogens (primary N) is 1. The van der Waals surface area contributed by atoms with E-state index in [9.17, 15) is 4.79 Å². The van der Waals surface area contributed by atoms with E-state index in [0.717, 1.165) is 0 Å². The average molecular weight is 171 g/mol. The number of amides is 1. The fourth-order valence-electron chi connectivity index (χ4n) is 1.17. The largest absolute Gasteiger partial charge is 0.339 e. The van der Waals surface area contributed by atoms with Crippen LogP contribution in [0.5, 0.6) is 0 Å². The van der Waals surface area contributed by atoms with E-state index in [-0.39, 0.29) is 5.91 Å². The molecule has 2 N–H and O–H groups in total. The third kappa shape index (κ3) is 2.08. The molecule has 1 fully saturated rings. The van der Waals surface area contributed by atoms with Crippen LogP contribution in [-0.2, 0) is 4.79 Å². The summed E-state index contributed by atoms with van der Waals surface area (Å²) in [5.74, 6) is 5.00. The molecule has 0 spiro atoms. The summed E-state index contributed by atoms with van der Waals surface area (Å²) in [6, 6.07) is 0. The van der Waals surface area contributed by atoms with E-state index in [2.05, 4.69) is 10.4 Å². The van der Waals surface area contributed by atoms with Gasteiger partial charge in [0.15, 0.2) is 0 Å². The van der Waals surface area contributed by atoms with E-state index < -0.39 is 0 Å². The van der Waals surface area contributed by atoms with Gasteiger partial charge >= 0.3 is 0 Å². The Hall–Kier alpha value is -1.33. The number of hydrogen-bond donors (Lipinski definition) is 1. The molecular weight excluding hydrogens is 158 g/mol. The molecule has 0 unspecified atom stereocenters. The third-order valence-corrected chi connectivity index (χ3v) is 1.88. The minimum atomic E-state index is 0.110. The standard InChI is InChI=1S/C6H13N5O/c1-6(12)10-2-4-11(5-3-10)9-8-7/h2-5H2,1H3,(H2,7,9). The van der Waals surface area contributed by atoms with Crippen LogP contribution in [0.2, 0.25) is 0 Å². The number of hydrogen-bond acceptors (Lipinski definition) is 3. The smallest absolute Gasteiger partial charge is 0.219 e. The quantitative estimate of drug-likeness (QED) is 0.325. The lowest BCUT2D eigenvalue weighted by Crippen LogP contribution is -2.45. The highest BCUT2D eigenvalue weighted by Crippen LogP contribution is 2.01. The van der Waals surface area contributed by atoms with E-state index in [1.165, 1.54) is 0 Å². The predicted molar refractivity (Wildman–Crippen MR) is 42.9 cm³/mol. The van der Waals surface area contributed by atoms with Crippen LogP contribution in [0.3, 0.4) is 0 Å². The van der Waals surface area contributed by atoms with Gasteiger partial charge in [0.1, 0.15) is 0 Å². The average Bonchev–Trinajstić information content (AvgIpc) is 2.06. The fourth-order valence-corrected chi connectivity index (χ4v) is 1.17. The Labute approximate surface area is 71.0 Å². The zero-order valence-corrected chi connectivity index (χ0v) is 7.10. The summed E-state index contributed by atoms with van der Waals surface area (Å²) < 4.78 is 0. The molecule has 0 atom stereocenters. The molecule has 0 aromatic carbocycles. The topological polar surface area (TPSA) is 74.3 Å². The van der Waals surface area contributed by atoms with Gasteiger partial charge in [0, 0.05) is 20.0 Å². The Morgan fingerprint density at radius 2 is 1.92 bits per heavy atom. The van der Waals surface area contributed by atoms with Crippen LogP contribution in [0, 0.1) is 0 Å². The SMILES string of the molecule is CC(=O)N1CCN(/N=N/N)CC1. The first-order chi connectivity index (χ1) is 5.74. The molecule has 1 amide bonds. The van der Waals surface area contributed by atoms with Crippen molar-refractivity contribution in [1.29, 1.82) is 0 Å². The number of piperazine rings is 1. The molecule has 1 saturated heterocycles. The van der Waals surface area contributed by atoms with E-state index in [0.29, 0.717) is 26.2 Å². The van der Waals surface area contributed by atoms with Gasteiger partial charge in [-0.3, -0.25) is 9.80 Å². The number of nitrogens with zero attached hydrogens (tertiary/aromatic N) is 4. The van der Waals surface area contributed by atoms with Crippen LogP contribution in [0.15, 0.2) is 10.4 Å². The van der Waals surface area contributed by atoms with Gasteiger partial charge in [-0.05, 0) is 0 Å². The Morgan fingerprint density at radius 1 is 1.33 bits per heavy atom. The van der Waals surface area contributed by atoms with Gasteiger partial charge in [-0.1, -0.05) is 10.4 Å². The number of carbonyl (C=O) groups is 1. The Morgan fingerprint density at radius 3 is 2.33 bits per heavy atom. The van der Waals surface area contributed by atoms with Crippen molar-refractivity contribution in [1.82, 2.24) is 9.91 Å². The molecular formula is C6H13N5O. The zero-order valence-electron chi connectivity index (χ0n) is 7.10. The van der Waals surface area contributed by atoms with E-state index in [4.69, 9.17) is 5.84 Å². The van der Waals surface area contributed by atoms with Gasteiger partial charge in [0.05, 0.1) is 13.1 Å². The summed E-state index contributed by atoms with van der Waals surface area (Å²) in [7, 11) is 0. The Kier molecular flexibility index (Phi) is 2.84. The summed E-state index contributed by atoms with van der Waals surface area (Å²) >= 11 is 0. The second-order valence-electron chi connectivity index (χ2n) is 2.66. The van der Waals surface area contributed by atoms with Gasteiger partial charge in [0.2, 0.25) is 5.91 Å². The first-order valence-corrected chi connectivity index (χ1v) is 3.85. The molecule has 1 aliphatic rings. The highest BCUT2D eigenvalue weighted by Gasteiger charge is 2.16. The van der Waals surface area contributed by atoms with E-state index in [1.807, 2.05) is 0 Å². The minimum absolute atomic E-state index is 0.110. The van der Waals surface area contributed by atoms with E-state index >= 15 is 0 Å². The lowest BCUT2D eigenvalue weighted by molar-refractivity contribution is -0.130.